The van der Waals surface area contributed by atoms with Crippen LogP contribution in [0.1, 0.15) is 48.1 Å². The Hall–Kier alpha value is -3.15. The van der Waals surface area contributed by atoms with Gasteiger partial charge in [0.2, 0.25) is 11.8 Å². The summed E-state index contributed by atoms with van der Waals surface area (Å²) in [7, 11) is 1.75. The van der Waals surface area contributed by atoms with Crippen LogP contribution in [0.15, 0.2) is 54.6 Å². The predicted molar refractivity (Wildman–Crippen MR) is 110 cm³/mol. The van der Waals surface area contributed by atoms with Gasteiger partial charge in [0.1, 0.15) is 0 Å². The second kappa shape index (κ2) is 9.37. The van der Waals surface area contributed by atoms with Crippen LogP contribution < -0.4 is 5.32 Å². The molecule has 1 N–H and O–H groups in total. The molecule has 2 aromatic rings. The second-order valence-corrected chi connectivity index (χ2v) is 7.21. The third-order valence-corrected chi connectivity index (χ3v) is 5.16. The Balaban J connectivity index is 1.73. The number of carbonyl (C=O) groups excluding carboxylic acids is 3. The van der Waals surface area contributed by atoms with Gasteiger partial charge in [-0.15, -0.1) is 0 Å². The van der Waals surface area contributed by atoms with Crippen molar-refractivity contribution in [1.29, 1.82) is 0 Å². The van der Waals surface area contributed by atoms with E-state index in [2.05, 4.69) is 5.32 Å². The standard InChI is InChI=1S/C23H26N2O4/c1-3-15-29-23(28)17-9-11-18(12-10-17)24-22(27)19-13-14-20(26)25(2)21(19)16-7-5-4-6-8-16/h4-12,19,21H,3,13-15H2,1-2H3,(H,24,27)/t19-,21+/m1/s1. The van der Waals surface area contributed by atoms with Crippen molar-refractivity contribution < 1.29 is 19.1 Å². The molecular weight excluding hydrogens is 368 g/mol. The summed E-state index contributed by atoms with van der Waals surface area (Å²) in [5, 5.41) is 2.93. The Labute approximate surface area is 170 Å². The van der Waals surface area contributed by atoms with Gasteiger partial charge in [-0.1, -0.05) is 37.3 Å². The molecule has 6 nitrogen and oxygen atoms in total. The number of nitrogens with zero attached hydrogens (tertiary/aromatic N) is 1. The molecule has 2 aromatic carbocycles. The molecule has 1 fully saturated rings. The first-order valence-electron chi connectivity index (χ1n) is 9.90. The van der Waals surface area contributed by atoms with Gasteiger partial charge in [0.25, 0.3) is 0 Å². The summed E-state index contributed by atoms with van der Waals surface area (Å²) in [6.07, 6.45) is 1.61. The normalized spacial score (nSPS) is 19.0. The predicted octanol–water partition coefficient (Wildman–Crippen LogP) is 3.80. The molecule has 2 amide bonds. The van der Waals surface area contributed by atoms with Crippen LogP contribution in [0.5, 0.6) is 0 Å². The van der Waals surface area contributed by atoms with Gasteiger partial charge >= 0.3 is 5.97 Å². The number of amides is 2. The lowest BCUT2D eigenvalue weighted by atomic mass is 9.84. The van der Waals surface area contributed by atoms with E-state index in [0.717, 1.165) is 12.0 Å². The average molecular weight is 394 g/mol. The number of esters is 1. The lowest BCUT2D eigenvalue weighted by Gasteiger charge is -2.38. The molecule has 152 valence electrons. The molecule has 1 saturated heterocycles. The maximum Gasteiger partial charge on any atom is 0.338 e. The second-order valence-electron chi connectivity index (χ2n) is 7.21. The number of likely N-dealkylation sites (tertiary alicyclic amines) is 1. The van der Waals surface area contributed by atoms with Gasteiger partial charge in [-0.2, -0.15) is 0 Å². The van der Waals surface area contributed by atoms with Crippen LogP contribution in [0.25, 0.3) is 0 Å². The van der Waals surface area contributed by atoms with E-state index in [4.69, 9.17) is 4.74 Å². The first-order valence-corrected chi connectivity index (χ1v) is 9.90. The number of nitrogens with one attached hydrogen (secondary N) is 1. The Morgan fingerprint density at radius 3 is 2.45 bits per heavy atom. The van der Waals surface area contributed by atoms with Crippen LogP contribution in [0.4, 0.5) is 5.69 Å². The summed E-state index contributed by atoms with van der Waals surface area (Å²) < 4.78 is 5.11. The fraction of sp³-hybridized carbons (Fsp3) is 0.348. The van der Waals surface area contributed by atoms with Crippen molar-refractivity contribution >= 4 is 23.5 Å². The third kappa shape index (κ3) is 4.83. The fourth-order valence-electron chi connectivity index (χ4n) is 3.62. The number of carbonyl (C=O) groups is 3. The Bertz CT molecular complexity index is 864. The van der Waals surface area contributed by atoms with Gasteiger partial charge in [-0.25, -0.2) is 4.79 Å². The van der Waals surface area contributed by atoms with Crippen molar-refractivity contribution in [3.63, 3.8) is 0 Å². The number of hydrogen-bond donors (Lipinski definition) is 1. The summed E-state index contributed by atoms with van der Waals surface area (Å²) in [6.45, 7) is 2.32. The number of piperidine rings is 1. The van der Waals surface area contributed by atoms with Crippen molar-refractivity contribution in [2.24, 2.45) is 5.92 Å². The molecule has 0 unspecified atom stereocenters. The zero-order valence-corrected chi connectivity index (χ0v) is 16.8. The van der Waals surface area contributed by atoms with Gasteiger partial charge < -0.3 is 15.0 Å². The van der Waals surface area contributed by atoms with Crippen LogP contribution in [0.2, 0.25) is 0 Å². The zero-order chi connectivity index (χ0) is 20.8. The monoisotopic (exact) mass is 394 g/mol. The first-order chi connectivity index (χ1) is 14.0. The molecule has 0 aromatic heterocycles. The number of anilines is 1. The van der Waals surface area contributed by atoms with Crippen molar-refractivity contribution in [2.45, 2.75) is 32.2 Å². The lowest BCUT2D eigenvalue weighted by Crippen LogP contribution is -2.44. The molecule has 1 aliphatic rings. The molecule has 1 heterocycles. The van der Waals surface area contributed by atoms with Crippen molar-refractivity contribution in [3.8, 4) is 0 Å². The first kappa shape index (κ1) is 20.6. The van der Waals surface area contributed by atoms with Crippen molar-refractivity contribution in [1.82, 2.24) is 4.90 Å². The molecule has 6 heteroatoms. The fourth-order valence-corrected chi connectivity index (χ4v) is 3.62. The molecule has 1 aliphatic heterocycles. The quantitative estimate of drug-likeness (QED) is 0.756. The Morgan fingerprint density at radius 1 is 1.10 bits per heavy atom. The highest BCUT2D eigenvalue weighted by Crippen LogP contribution is 2.36. The highest BCUT2D eigenvalue weighted by Gasteiger charge is 2.38. The third-order valence-electron chi connectivity index (χ3n) is 5.16. The largest absolute Gasteiger partial charge is 0.462 e. The number of ether oxygens (including phenoxy) is 1. The highest BCUT2D eigenvalue weighted by molar-refractivity contribution is 5.95. The van der Waals surface area contributed by atoms with Gasteiger partial charge in [-0.05, 0) is 42.7 Å². The summed E-state index contributed by atoms with van der Waals surface area (Å²) in [5.74, 6) is -0.826. The molecule has 3 rings (SSSR count). The molecular formula is C23H26N2O4. The van der Waals surface area contributed by atoms with E-state index in [1.807, 2.05) is 37.3 Å². The van der Waals surface area contributed by atoms with Crippen LogP contribution in [-0.4, -0.2) is 36.3 Å². The molecule has 0 aliphatic carbocycles. The zero-order valence-electron chi connectivity index (χ0n) is 16.8. The number of benzene rings is 2. The molecule has 0 bridgehead atoms. The van der Waals surface area contributed by atoms with E-state index in [1.165, 1.54) is 0 Å². The van der Waals surface area contributed by atoms with E-state index in [-0.39, 0.29) is 29.7 Å². The van der Waals surface area contributed by atoms with Crippen LogP contribution in [0.3, 0.4) is 0 Å². The van der Waals surface area contributed by atoms with Crippen molar-refractivity contribution in [2.75, 3.05) is 19.0 Å². The van der Waals surface area contributed by atoms with E-state index in [9.17, 15) is 14.4 Å². The van der Waals surface area contributed by atoms with Crippen LogP contribution >= 0.6 is 0 Å². The van der Waals surface area contributed by atoms with Crippen molar-refractivity contribution in [3.05, 3.63) is 65.7 Å². The summed E-state index contributed by atoms with van der Waals surface area (Å²) >= 11 is 0. The van der Waals surface area contributed by atoms with E-state index in [0.29, 0.717) is 30.7 Å². The van der Waals surface area contributed by atoms with Crippen LogP contribution in [-0.2, 0) is 14.3 Å². The molecule has 2 atom stereocenters. The average Bonchev–Trinajstić information content (AvgIpc) is 2.74. The number of rotatable bonds is 6. The van der Waals surface area contributed by atoms with Gasteiger partial charge in [0, 0.05) is 19.2 Å². The summed E-state index contributed by atoms with van der Waals surface area (Å²) in [5.41, 5.74) is 1.99. The van der Waals surface area contributed by atoms with Gasteiger partial charge in [0.05, 0.1) is 24.1 Å². The SMILES string of the molecule is CCCOC(=O)c1ccc(NC(=O)[C@@H]2CCC(=O)N(C)[C@H]2c2ccccc2)cc1. The van der Waals surface area contributed by atoms with Gasteiger partial charge in [0.15, 0.2) is 0 Å². The van der Waals surface area contributed by atoms with E-state index >= 15 is 0 Å². The van der Waals surface area contributed by atoms with Crippen LogP contribution in [0, 0.1) is 5.92 Å². The van der Waals surface area contributed by atoms with E-state index in [1.54, 1.807) is 36.2 Å². The molecule has 0 spiro atoms. The topological polar surface area (TPSA) is 75.7 Å². The van der Waals surface area contributed by atoms with Gasteiger partial charge in [-0.3, -0.25) is 9.59 Å². The summed E-state index contributed by atoms with van der Waals surface area (Å²) in [4.78, 5) is 38.8. The Morgan fingerprint density at radius 2 is 1.79 bits per heavy atom. The minimum Gasteiger partial charge on any atom is -0.462 e. The summed E-state index contributed by atoms with van der Waals surface area (Å²) in [6, 6.07) is 16.0. The molecule has 0 radical (unpaired) electrons. The minimum atomic E-state index is -0.374. The van der Waals surface area contributed by atoms with E-state index < -0.39 is 0 Å². The number of hydrogen-bond acceptors (Lipinski definition) is 4. The molecule has 29 heavy (non-hydrogen) atoms. The molecule has 0 saturated carbocycles. The lowest BCUT2D eigenvalue weighted by molar-refractivity contribution is -0.140. The Kier molecular flexibility index (Phi) is 6.65. The minimum absolute atomic E-state index is 0.0397. The highest BCUT2D eigenvalue weighted by atomic mass is 16.5. The smallest absolute Gasteiger partial charge is 0.338 e. The maximum absolute atomic E-state index is 13.0. The maximum atomic E-state index is 13.0.